The fourth-order valence-electron chi connectivity index (χ4n) is 3.31. The van der Waals surface area contributed by atoms with Crippen LogP contribution in [0.3, 0.4) is 0 Å². The molecule has 4 rings (SSSR count). The van der Waals surface area contributed by atoms with Gasteiger partial charge in [0, 0.05) is 11.8 Å². The van der Waals surface area contributed by atoms with Crippen LogP contribution in [0.4, 0.5) is 10.2 Å². The van der Waals surface area contributed by atoms with E-state index >= 15 is 0 Å². The number of nitrogens with one attached hydrogen (secondary N) is 1. The van der Waals surface area contributed by atoms with Crippen molar-refractivity contribution >= 4 is 22.9 Å². The van der Waals surface area contributed by atoms with E-state index in [1.807, 2.05) is 0 Å². The third-order valence-electron chi connectivity index (χ3n) is 4.56. The van der Waals surface area contributed by atoms with E-state index in [0.717, 1.165) is 0 Å². The quantitative estimate of drug-likeness (QED) is 0.618. The highest BCUT2D eigenvalue weighted by atomic mass is 19.1. The smallest absolute Gasteiger partial charge is 0.167 e. The molecule has 1 saturated heterocycles. The minimum Gasteiger partial charge on any atom is -0.394 e. The van der Waals surface area contributed by atoms with Gasteiger partial charge in [-0.2, -0.15) is 0 Å². The molecule has 0 amide bonds. The van der Waals surface area contributed by atoms with Gasteiger partial charge in [0.05, 0.1) is 18.5 Å². The molecular formula is C15H17FN4O4. The van der Waals surface area contributed by atoms with Gasteiger partial charge in [-0.05, 0) is 13.0 Å². The molecule has 0 radical (unpaired) electrons. The predicted octanol–water partition coefficient (Wildman–Crippen LogP) is 0.169. The van der Waals surface area contributed by atoms with Gasteiger partial charge in [-0.3, -0.25) is 0 Å². The summed E-state index contributed by atoms with van der Waals surface area (Å²) >= 11 is 0. The first-order valence-corrected chi connectivity index (χ1v) is 7.55. The molecule has 2 aromatic heterocycles. The van der Waals surface area contributed by atoms with Crippen LogP contribution in [0.1, 0.15) is 18.7 Å². The first-order chi connectivity index (χ1) is 11.4. The summed E-state index contributed by atoms with van der Waals surface area (Å²) in [5.74, 6) is 0.119. The second kappa shape index (κ2) is 5.21. The van der Waals surface area contributed by atoms with E-state index in [1.54, 1.807) is 6.20 Å². The van der Waals surface area contributed by atoms with Crippen LogP contribution in [0.25, 0.3) is 17.1 Å². The molecule has 0 aromatic carbocycles. The fraction of sp³-hybridized carbons (Fsp3) is 0.467. The molecule has 8 nitrogen and oxygen atoms in total. The van der Waals surface area contributed by atoms with Crippen LogP contribution in [0, 0.1) is 0 Å². The van der Waals surface area contributed by atoms with E-state index in [1.165, 1.54) is 23.9 Å². The monoisotopic (exact) mass is 336 g/mol. The molecule has 0 saturated carbocycles. The van der Waals surface area contributed by atoms with Gasteiger partial charge in [-0.15, -0.1) is 0 Å². The van der Waals surface area contributed by atoms with E-state index in [9.17, 15) is 19.7 Å². The van der Waals surface area contributed by atoms with E-state index in [4.69, 9.17) is 4.74 Å². The Balaban J connectivity index is 1.91. The van der Waals surface area contributed by atoms with Crippen molar-refractivity contribution in [3.63, 3.8) is 0 Å². The Labute approximate surface area is 136 Å². The highest BCUT2D eigenvalue weighted by Crippen LogP contribution is 2.41. The van der Waals surface area contributed by atoms with Crippen molar-refractivity contribution in [2.75, 3.05) is 18.5 Å². The molecule has 4 N–H and O–H groups in total. The molecule has 4 heterocycles. The number of aliphatic hydroxyl groups excluding tert-OH is 2. The minimum atomic E-state index is -1.65. The first kappa shape index (κ1) is 15.5. The number of nitrogens with zero attached hydrogens (tertiary/aromatic N) is 3. The number of aliphatic hydroxyl groups is 3. The molecule has 2 aliphatic rings. The summed E-state index contributed by atoms with van der Waals surface area (Å²) < 4.78 is 21.0. The van der Waals surface area contributed by atoms with Crippen molar-refractivity contribution in [1.29, 1.82) is 0 Å². The van der Waals surface area contributed by atoms with Crippen LogP contribution in [-0.2, 0) is 4.74 Å². The van der Waals surface area contributed by atoms with Crippen molar-refractivity contribution in [3.8, 4) is 0 Å². The van der Waals surface area contributed by atoms with Gasteiger partial charge in [-0.25, -0.2) is 14.4 Å². The lowest BCUT2D eigenvalue weighted by Gasteiger charge is -2.27. The zero-order valence-corrected chi connectivity index (χ0v) is 12.8. The lowest BCUT2D eigenvalue weighted by Crippen LogP contribution is -2.44. The molecule has 0 aliphatic carbocycles. The molecule has 1 fully saturated rings. The molecule has 24 heavy (non-hydrogen) atoms. The molecule has 9 heteroatoms. The second-order valence-corrected chi connectivity index (χ2v) is 6.24. The van der Waals surface area contributed by atoms with Gasteiger partial charge in [0.25, 0.3) is 0 Å². The van der Waals surface area contributed by atoms with E-state index in [-0.39, 0.29) is 12.4 Å². The maximum Gasteiger partial charge on any atom is 0.167 e. The molecule has 0 unspecified atom stereocenters. The molecular weight excluding hydrogens is 319 g/mol. The second-order valence-electron chi connectivity index (χ2n) is 6.24. The van der Waals surface area contributed by atoms with Gasteiger partial charge in [0.15, 0.2) is 6.23 Å². The van der Waals surface area contributed by atoms with Crippen LogP contribution in [0.15, 0.2) is 18.4 Å². The number of hydrogen-bond acceptors (Lipinski definition) is 7. The Bertz CT molecular complexity index is 834. The normalized spacial score (nSPS) is 32.5. The van der Waals surface area contributed by atoms with Crippen LogP contribution in [0.5, 0.6) is 0 Å². The lowest BCUT2D eigenvalue weighted by atomic mass is 9.96. The van der Waals surface area contributed by atoms with E-state index < -0.39 is 30.6 Å². The summed E-state index contributed by atoms with van der Waals surface area (Å²) in [4.78, 5) is 8.35. The van der Waals surface area contributed by atoms with Gasteiger partial charge in [0.2, 0.25) is 0 Å². The fourth-order valence-corrected chi connectivity index (χ4v) is 3.31. The summed E-state index contributed by atoms with van der Waals surface area (Å²) in [7, 11) is 0. The SMILES string of the molecule is C[C@@]1(O)[C@H](O)[C@@H](CO)O[C@H]1n1cc2c3c(ncnc31)NCC(F)=C2. The standard InChI is InChI=1S/C15H17FN4O4/c1-15(23)11(22)9(5-21)24-14(15)20-4-7-2-8(16)3-17-12-10(7)13(20)19-6-18-12/h2,4,6,9,11,14,21-23H,3,5H2,1H3,(H,17,18,19)/t9-,11-,14-,15-/m1/s1. The Hall–Kier alpha value is -2.07. The zero-order valence-electron chi connectivity index (χ0n) is 12.8. The van der Waals surface area contributed by atoms with Gasteiger partial charge < -0.3 is 29.9 Å². The topological polar surface area (TPSA) is 113 Å². The number of halogens is 1. The average molecular weight is 336 g/mol. The van der Waals surface area contributed by atoms with Crippen molar-refractivity contribution in [2.24, 2.45) is 0 Å². The summed E-state index contributed by atoms with van der Waals surface area (Å²) in [5, 5.41) is 33.6. The van der Waals surface area contributed by atoms with Crippen LogP contribution in [-0.4, -0.2) is 60.8 Å². The molecule has 2 aromatic rings. The van der Waals surface area contributed by atoms with Crippen LogP contribution in [0.2, 0.25) is 0 Å². The highest BCUT2D eigenvalue weighted by Gasteiger charge is 2.53. The summed E-state index contributed by atoms with van der Waals surface area (Å²) in [6.45, 7) is 1.02. The molecule has 4 atom stereocenters. The Morgan fingerprint density at radius 2 is 2.29 bits per heavy atom. The minimum absolute atomic E-state index is 0.0315. The molecule has 2 aliphatic heterocycles. The number of hydrogen-bond donors (Lipinski definition) is 4. The van der Waals surface area contributed by atoms with Crippen LogP contribution >= 0.6 is 0 Å². The highest BCUT2D eigenvalue weighted by molar-refractivity contribution is 5.96. The lowest BCUT2D eigenvalue weighted by molar-refractivity contribution is -0.0948. The van der Waals surface area contributed by atoms with Gasteiger partial charge in [0.1, 0.15) is 41.4 Å². The maximum absolute atomic E-state index is 13.8. The number of rotatable bonds is 2. The van der Waals surface area contributed by atoms with Crippen LogP contribution < -0.4 is 5.32 Å². The van der Waals surface area contributed by atoms with Crippen molar-refractivity contribution in [1.82, 2.24) is 14.5 Å². The van der Waals surface area contributed by atoms with E-state index in [0.29, 0.717) is 22.4 Å². The molecule has 0 spiro atoms. The number of ether oxygens (including phenoxy) is 1. The first-order valence-electron chi connectivity index (χ1n) is 7.55. The summed E-state index contributed by atoms with van der Waals surface area (Å²) in [6.07, 6.45) is 1.12. The Kier molecular flexibility index (Phi) is 3.36. The third-order valence-corrected chi connectivity index (χ3v) is 4.56. The maximum atomic E-state index is 13.8. The third kappa shape index (κ3) is 2.06. The number of aromatic nitrogens is 3. The molecule has 128 valence electrons. The van der Waals surface area contributed by atoms with Crippen molar-refractivity contribution in [3.05, 3.63) is 23.9 Å². The summed E-state index contributed by atoms with van der Waals surface area (Å²) in [6, 6.07) is 0. The van der Waals surface area contributed by atoms with Crippen molar-refractivity contribution < 1.29 is 24.4 Å². The van der Waals surface area contributed by atoms with Crippen molar-refractivity contribution in [2.45, 2.75) is 31.0 Å². The van der Waals surface area contributed by atoms with E-state index in [2.05, 4.69) is 15.3 Å². The Morgan fingerprint density at radius 3 is 3.00 bits per heavy atom. The largest absolute Gasteiger partial charge is 0.394 e. The predicted molar refractivity (Wildman–Crippen MR) is 82.7 cm³/mol. The average Bonchev–Trinajstić information content (AvgIpc) is 2.95. The van der Waals surface area contributed by atoms with Gasteiger partial charge in [-0.1, -0.05) is 0 Å². The Morgan fingerprint density at radius 1 is 1.50 bits per heavy atom. The molecule has 0 bridgehead atoms. The van der Waals surface area contributed by atoms with Gasteiger partial charge >= 0.3 is 0 Å². The zero-order chi connectivity index (χ0) is 17.1. The number of anilines is 1. The summed E-state index contributed by atoms with van der Waals surface area (Å²) in [5.41, 5.74) is -0.671.